The van der Waals surface area contributed by atoms with Gasteiger partial charge in [0.2, 0.25) is 0 Å². The van der Waals surface area contributed by atoms with Gasteiger partial charge in [-0.2, -0.15) is 0 Å². The number of aliphatic hydroxyl groups is 1. The zero-order valence-corrected chi connectivity index (χ0v) is 15.7. The van der Waals surface area contributed by atoms with Crippen LogP contribution >= 0.6 is 12.0 Å². The number of hydrogen-bond acceptors (Lipinski definition) is 6. The lowest BCUT2D eigenvalue weighted by atomic mass is 9.62. The van der Waals surface area contributed by atoms with E-state index < -0.39 is 0 Å². The van der Waals surface area contributed by atoms with Gasteiger partial charge in [-0.3, -0.25) is 4.98 Å². The maximum absolute atomic E-state index is 9.52. The summed E-state index contributed by atoms with van der Waals surface area (Å²) in [5.41, 5.74) is 2.53. The van der Waals surface area contributed by atoms with E-state index in [0.29, 0.717) is 5.41 Å². The van der Waals surface area contributed by atoms with Crippen LogP contribution in [0.2, 0.25) is 0 Å². The minimum Gasteiger partial charge on any atom is -0.412 e. The summed E-state index contributed by atoms with van der Waals surface area (Å²) in [6.45, 7) is 2.04. The van der Waals surface area contributed by atoms with E-state index in [9.17, 15) is 5.11 Å². The Morgan fingerprint density at radius 3 is 2.54 bits per heavy atom. The Morgan fingerprint density at radius 1 is 1.19 bits per heavy atom. The Kier molecular flexibility index (Phi) is 5.12. The van der Waals surface area contributed by atoms with Gasteiger partial charge >= 0.3 is 0 Å². The molecular formula is C18H24N4O3S. The Labute approximate surface area is 156 Å². The second-order valence-electron chi connectivity index (χ2n) is 7.09. The van der Waals surface area contributed by atoms with Gasteiger partial charge in [-0.25, -0.2) is 4.98 Å². The predicted molar refractivity (Wildman–Crippen MR) is 106 cm³/mol. The molecule has 26 heavy (non-hydrogen) atoms. The molecule has 1 saturated carbocycles. The zero-order valence-electron chi connectivity index (χ0n) is 14.9. The minimum atomic E-state index is -0.0803. The summed E-state index contributed by atoms with van der Waals surface area (Å²) in [5, 5.41) is 11.8. The van der Waals surface area contributed by atoms with Crippen molar-refractivity contribution in [3.05, 3.63) is 30.6 Å². The molecule has 3 aromatic rings. The van der Waals surface area contributed by atoms with Gasteiger partial charge in [0.15, 0.2) is 0 Å². The molecule has 7 nitrogen and oxygen atoms in total. The fourth-order valence-corrected chi connectivity index (χ4v) is 4.21. The molecule has 0 atom stereocenters. The molecule has 0 bridgehead atoms. The summed E-state index contributed by atoms with van der Waals surface area (Å²) < 4.78 is 9.62. The first kappa shape index (κ1) is 18.9. The van der Waals surface area contributed by atoms with Crippen LogP contribution in [0, 0.1) is 5.41 Å². The molecule has 0 unspecified atom stereocenters. The molecule has 1 aliphatic carbocycles. The number of aliphatic hydroxyl groups excluding tert-OH is 1. The third kappa shape index (κ3) is 2.92. The van der Waals surface area contributed by atoms with Crippen molar-refractivity contribution >= 4 is 39.8 Å². The van der Waals surface area contributed by atoms with Gasteiger partial charge in [-0.05, 0) is 43.1 Å². The van der Waals surface area contributed by atoms with Gasteiger partial charge in [0, 0.05) is 55.0 Å². The molecule has 4 N–H and O–H groups in total. The van der Waals surface area contributed by atoms with Crippen LogP contribution in [0.4, 0.5) is 5.82 Å². The third-order valence-corrected chi connectivity index (χ3v) is 5.34. The molecule has 2 aliphatic rings. The fraction of sp³-hybridized carbons (Fsp3) is 0.444. The highest BCUT2D eigenvalue weighted by Gasteiger charge is 2.52. The van der Waals surface area contributed by atoms with Gasteiger partial charge in [-0.1, -0.05) is 0 Å². The van der Waals surface area contributed by atoms with E-state index in [0.717, 1.165) is 65.7 Å². The van der Waals surface area contributed by atoms with E-state index in [1.54, 1.807) is 6.26 Å². The summed E-state index contributed by atoms with van der Waals surface area (Å²) >= 11 is 0.750. The molecule has 3 aromatic heterocycles. The smallest absolute Gasteiger partial charge is 0.143 e. The van der Waals surface area contributed by atoms with Crippen molar-refractivity contribution < 1.29 is 15.1 Å². The Hall–Kier alpha value is -1.87. The number of aryl methyl sites for hydroxylation is 1. The largest absolute Gasteiger partial charge is 0.412 e. The first-order valence-corrected chi connectivity index (χ1v) is 9.55. The van der Waals surface area contributed by atoms with Crippen molar-refractivity contribution in [1.29, 1.82) is 0 Å². The predicted octanol–water partition coefficient (Wildman–Crippen LogP) is 2.08. The maximum Gasteiger partial charge on any atom is 0.143 e. The van der Waals surface area contributed by atoms with Crippen molar-refractivity contribution in [1.82, 2.24) is 14.5 Å². The van der Waals surface area contributed by atoms with E-state index in [1.165, 1.54) is 0 Å². The van der Waals surface area contributed by atoms with Gasteiger partial charge in [0.1, 0.15) is 11.5 Å². The topological polar surface area (TPSA) is 106 Å². The van der Waals surface area contributed by atoms with Crippen molar-refractivity contribution in [2.75, 3.05) is 24.2 Å². The van der Waals surface area contributed by atoms with Crippen LogP contribution in [0.3, 0.4) is 0 Å². The molecule has 1 saturated heterocycles. The molecule has 5 rings (SSSR count). The molecule has 4 heterocycles. The lowest BCUT2D eigenvalue weighted by molar-refractivity contribution is -0.0494. The molecule has 1 aliphatic heterocycles. The summed E-state index contributed by atoms with van der Waals surface area (Å²) in [7, 11) is 2.06. The average Bonchev–Trinajstić information content (AvgIpc) is 2.83. The molecule has 1 spiro atoms. The van der Waals surface area contributed by atoms with Gasteiger partial charge in [0.25, 0.3) is 0 Å². The first-order valence-electron chi connectivity index (χ1n) is 8.37. The van der Waals surface area contributed by atoms with Gasteiger partial charge in [-0.15, -0.1) is 0 Å². The number of anilines is 1. The van der Waals surface area contributed by atoms with Crippen molar-refractivity contribution in [2.45, 2.75) is 18.9 Å². The molecule has 2 fully saturated rings. The van der Waals surface area contributed by atoms with Crippen molar-refractivity contribution in [3.63, 3.8) is 0 Å². The number of aromatic nitrogens is 3. The standard InChI is InChI=1S/C17H18N4O.CH4OS.H2O/c1-20-14-4-5-18-8-13(14)12-2-3-15(19-16(12)20)21-9-17(10-21)6-11(22)7-17;1-3-2;/h2-5,8,11,22H,6-7,9-10H2,1H3;2H,1H3;1H2. The summed E-state index contributed by atoms with van der Waals surface area (Å²) in [6, 6.07) is 6.30. The van der Waals surface area contributed by atoms with E-state index >= 15 is 0 Å². The highest BCUT2D eigenvalue weighted by atomic mass is 32.2. The summed E-state index contributed by atoms with van der Waals surface area (Å²) in [4.78, 5) is 11.4. The number of fused-ring (bicyclic) bond motifs is 3. The number of pyridine rings is 2. The molecule has 140 valence electrons. The lowest BCUT2D eigenvalue weighted by Crippen LogP contribution is -2.64. The SMILES string of the molecule is CSO.Cn1c2ccncc2c2ccc(N3CC4(CC(O)C4)C3)nc21.O. The molecule has 8 heteroatoms. The van der Waals surface area contributed by atoms with Crippen LogP contribution in [0.5, 0.6) is 0 Å². The summed E-state index contributed by atoms with van der Waals surface area (Å²) in [6.07, 6.45) is 7.15. The van der Waals surface area contributed by atoms with E-state index in [2.05, 4.69) is 33.6 Å². The van der Waals surface area contributed by atoms with Crippen LogP contribution in [0.25, 0.3) is 21.9 Å². The second kappa shape index (κ2) is 7.03. The fourth-order valence-electron chi connectivity index (χ4n) is 4.21. The van der Waals surface area contributed by atoms with E-state index in [1.807, 2.05) is 18.5 Å². The van der Waals surface area contributed by atoms with Crippen molar-refractivity contribution in [3.8, 4) is 0 Å². The molecule has 0 amide bonds. The Balaban J connectivity index is 0.000000461. The molecule has 0 radical (unpaired) electrons. The van der Waals surface area contributed by atoms with Crippen LogP contribution in [-0.4, -0.2) is 55.1 Å². The second-order valence-corrected chi connectivity index (χ2v) is 7.46. The lowest BCUT2D eigenvalue weighted by Gasteiger charge is -2.58. The van der Waals surface area contributed by atoms with E-state index in [-0.39, 0.29) is 11.6 Å². The van der Waals surface area contributed by atoms with Gasteiger partial charge in [0.05, 0.1) is 11.6 Å². The van der Waals surface area contributed by atoms with E-state index in [4.69, 9.17) is 9.54 Å². The van der Waals surface area contributed by atoms with Gasteiger partial charge < -0.3 is 24.6 Å². The van der Waals surface area contributed by atoms with Crippen molar-refractivity contribution in [2.24, 2.45) is 12.5 Å². The minimum absolute atomic E-state index is 0. The normalized spacial score (nSPS) is 18.1. The van der Waals surface area contributed by atoms with Crippen LogP contribution in [-0.2, 0) is 7.05 Å². The summed E-state index contributed by atoms with van der Waals surface area (Å²) in [5.74, 6) is 1.04. The first-order chi connectivity index (χ1) is 12.1. The van der Waals surface area contributed by atoms with Crippen LogP contribution in [0.15, 0.2) is 30.6 Å². The number of rotatable bonds is 1. The Morgan fingerprint density at radius 2 is 1.88 bits per heavy atom. The van der Waals surface area contributed by atoms with Crippen LogP contribution < -0.4 is 4.90 Å². The quantitative estimate of drug-likeness (QED) is 0.630. The average molecular weight is 376 g/mol. The highest BCUT2D eigenvalue weighted by Crippen LogP contribution is 2.49. The molecular weight excluding hydrogens is 352 g/mol. The molecule has 0 aromatic carbocycles. The Bertz CT molecular complexity index is 915. The van der Waals surface area contributed by atoms with Crippen LogP contribution in [0.1, 0.15) is 12.8 Å². The third-order valence-electron chi connectivity index (χ3n) is 5.34. The number of hydrogen-bond donors (Lipinski definition) is 2. The maximum atomic E-state index is 9.52. The monoisotopic (exact) mass is 376 g/mol. The zero-order chi connectivity index (χ0) is 17.6. The number of nitrogens with zero attached hydrogens (tertiary/aromatic N) is 4. The highest BCUT2D eigenvalue weighted by molar-refractivity contribution is 7.93.